The molecule has 0 aliphatic rings. The van der Waals surface area contributed by atoms with Gasteiger partial charge in [-0.15, -0.1) is 24.8 Å². The molecule has 1 unspecified atom stereocenters. The van der Waals surface area contributed by atoms with Crippen LogP contribution in [0.1, 0.15) is 5.69 Å². The first kappa shape index (κ1) is 19.4. The van der Waals surface area contributed by atoms with E-state index in [-0.39, 0.29) is 43.9 Å². The van der Waals surface area contributed by atoms with Crippen molar-refractivity contribution in [3.05, 3.63) is 29.8 Å². The second kappa shape index (κ2) is 10.0. The molecule has 0 aliphatic carbocycles. The van der Waals surface area contributed by atoms with Crippen LogP contribution in [-0.4, -0.2) is 30.6 Å². The summed E-state index contributed by atoms with van der Waals surface area (Å²) in [7, 11) is 1.47. The Bertz CT molecular complexity index is 351. The van der Waals surface area contributed by atoms with Crippen LogP contribution in [0, 0.1) is 5.82 Å². The summed E-state index contributed by atoms with van der Waals surface area (Å²) in [5.74, 6) is -0.737. The van der Waals surface area contributed by atoms with Crippen molar-refractivity contribution in [2.45, 2.75) is 12.6 Å². The minimum absolute atomic E-state index is 0. The number of carbonyl (C=O) groups excluding carboxylic acids is 1. The van der Waals surface area contributed by atoms with Gasteiger partial charge in [0.05, 0.1) is 25.0 Å². The Morgan fingerprint density at radius 1 is 1.56 bits per heavy atom. The van der Waals surface area contributed by atoms with E-state index < -0.39 is 11.9 Å². The molecule has 1 aromatic heterocycles. The van der Waals surface area contributed by atoms with Crippen molar-refractivity contribution >= 4 is 30.7 Å². The van der Waals surface area contributed by atoms with Crippen LogP contribution in [-0.2, 0) is 16.1 Å². The van der Waals surface area contributed by atoms with E-state index in [0.29, 0.717) is 5.69 Å². The van der Waals surface area contributed by atoms with Crippen LogP contribution in [0.3, 0.4) is 0 Å². The SMILES string of the molecule is COCC(N)C(=O)NCc1ccc(F)cn1.Cl.Cl. The minimum atomic E-state index is -0.703. The van der Waals surface area contributed by atoms with Crippen molar-refractivity contribution in [1.82, 2.24) is 10.3 Å². The fraction of sp³-hybridized carbons (Fsp3) is 0.400. The van der Waals surface area contributed by atoms with E-state index in [4.69, 9.17) is 10.5 Å². The first-order valence-electron chi connectivity index (χ1n) is 4.76. The van der Waals surface area contributed by atoms with Gasteiger partial charge in [-0.3, -0.25) is 9.78 Å². The van der Waals surface area contributed by atoms with Gasteiger partial charge in [0.25, 0.3) is 0 Å². The van der Waals surface area contributed by atoms with Crippen LogP contribution in [0.2, 0.25) is 0 Å². The third kappa shape index (κ3) is 6.70. The van der Waals surface area contributed by atoms with Crippen LogP contribution >= 0.6 is 24.8 Å². The van der Waals surface area contributed by atoms with Gasteiger partial charge in [-0.1, -0.05) is 0 Å². The minimum Gasteiger partial charge on any atom is -0.383 e. The molecule has 0 spiro atoms. The number of halogens is 3. The number of nitrogens with two attached hydrogens (primary N) is 1. The molecule has 0 aromatic carbocycles. The molecule has 18 heavy (non-hydrogen) atoms. The summed E-state index contributed by atoms with van der Waals surface area (Å²) >= 11 is 0. The maximum Gasteiger partial charge on any atom is 0.239 e. The van der Waals surface area contributed by atoms with Crippen LogP contribution in [0.15, 0.2) is 18.3 Å². The number of pyridine rings is 1. The van der Waals surface area contributed by atoms with Gasteiger partial charge in [-0.25, -0.2) is 4.39 Å². The molecule has 1 amide bonds. The van der Waals surface area contributed by atoms with Crippen LogP contribution in [0.4, 0.5) is 4.39 Å². The fourth-order valence-corrected chi connectivity index (χ4v) is 1.08. The highest BCUT2D eigenvalue weighted by atomic mass is 35.5. The Morgan fingerprint density at radius 2 is 2.22 bits per heavy atom. The Labute approximate surface area is 117 Å². The lowest BCUT2D eigenvalue weighted by Crippen LogP contribution is -2.43. The topological polar surface area (TPSA) is 77.2 Å². The first-order valence-corrected chi connectivity index (χ1v) is 4.76. The molecular weight excluding hydrogens is 284 g/mol. The highest BCUT2D eigenvalue weighted by molar-refractivity contribution is 5.85. The zero-order valence-corrected chi connectivity index (χ0v) is 11.4. The number of carbonyl (C=O) groups is 1. The number of hydrogen-bond donors (Lipinski definition) is 2. The van der Waals surface area contributed by atoms with Crippen LogP contribution in [0.5, 0.6) is 0 Å². The van der Waals surface area contributed by atoms with Gasteiger partial charge in [0.15, 0.2) is 0 Å². The maximum absolute atomic E-state index is 12.5. The van der Waals surface area contributed by atoms with Crippen molar-refractivity contribution in [3.8, 4) is 0 Å². The monoisotopic (exact) mass is 299 g/mol. The van der Waals surface area contributed by atoms with E-state index in [1.807, 2.05) is 0 Å². The third-order valence-corrected chi connectivity index (χ3v) is 1.92. The number of nitrogens with zero attached hydrogens (tertiary/aromatic N) is 1. The molecule has 1 rings (SSSR count). The van der Waals surface area contributed by atoms with Crippen LogP contribution in [0.25, 0.3) is 0 Å². The Morgan fingerprint density at radius 3 is 2.72 bits per heavy atom. The number of rotatable bonds is 5. The number of hydrogen-bond acceptors (Lipinski definition) is 4. The van der Waals surface area contributed by atoms with Gasteiger partial charge in [-0.05, 0) is 12.1 Å². The molecule has 1 atom stereocenters. The molecule has 0 fully saturated rings. The predicted octanol–water partition coefficient (Wildman–Crippen LogP) is 0.654. The van der Waals surface area contributed by atoms with E-state index in [9.17, 15) is 9.18 Å². The normalized spacial score (nSPS) is 10.8. The molecule has 3 N–H and O–H groups in total. The molecule has 0 saturated heterocycles. The average Bonchev–Trinajstić information content (AvgIpc) is 2.28. The summed E-state index contributed by atoms with van der Waals surface area (Å²) in [6.07, 6.45) is 1.09. The maximum atomic E-state index is 12.5. The summed E-state index contributed by atoms with van der Waals surface area (Å²) < 4.78 is 17.3. The summed E-state index contributed by atoms with van der Waals surface area (Å²) in [5, 5.41) is 2.57. The zero-order valence-electron chi connectivity index (χ0n) is 9.76. The molecule has 1 aromatic rings. The standard InChI is InChI=1S/C10H14FN3O2.2ClH/c1-16-6-9(12)10(15)14-5-8-3-2-7(11)4-13-8;;/h2-4,9H,5-6,12H2,1H3,(H,14,15);2*1H. The molecular formula is C10H16Cl2FN3O2. The average molecular weight is 300 g/mol. The lowest BCUT2D eigenvalue weighted by molar-refractivity contribution is -0.123. The first-order chi connectivity index (χ1) is 7.63. The summed E-state index contributed by atoms with van der Waals surface area (Å²) in [4.78, 5) is 15.1. The fourth-order valence-electron chi connectivity index (χ4n) is 1.08. The molecule has 1 heterocycles. The lowest BCUT2D eigenvalue weighted by Gasteiger charge is -2.10. The molecule has 104 valence electrons. The largest absolute Gasteiger partial charge is 0.383 e. The lowest BCUT2D eigenvalue weighted by atomic mass is 10.3. The van der Waals surface area contributed by atoms with Crippen molar-refractivity contribution < 1.29 is 13.9 Å². The molecule has 5 nitrogen and oxygen atoms in total. The second-order valence-corrected chi connectivity index (χ2v) is 3.25. The van der Waals surface area contributed by atoms with Gasteiger partial charge >= 0.3 is 0 Å². The Balaban J connectivity index is 0. The molecule has 0 saturated carbocycles. The van der Waals surface area contributed by atoms with Gasteiger partial charge in [-0.2, -0.15) is 0 Å². The zero-order chi connectivity index (χ0) is 12.0. The highest BCUT2D eigenvalue weighted by Crippen LogP contribution is 1.97. The van der Waals surface area contributed by atoms with Crippen molar-refractivity contribution in [2.75, 3.05) is 13.7 Å². The Hall–Kier alpha value is -0.950. The molecule has 0 aliphatic heterocycles. The van der Waals surface area contributed by atoms with Crippen molar-refractivity contribution in [3.63, 3.8) is 0 Å². The van der Waals surface area contributed by atoms with E-state index in [0.717, 1.165) is 6.20 Å². The summed E-state index contributed by atoms with van der Waals surface area (Å²) in [5.41, 5.74) is 6.07. The van der Waals surface area contributed by atoms with Crippen molar-refractivity contribution in [1.29, 1.82) is 0 Å². The van der Waals surface area contributed by atoms with E-state index in [2.05, 4.69) is 10.3 Å². The molecule has 0 radical (unpaired) electrons. The van der Waals surface area contributed by atoms with Gasteiger partial charge in [0.2, 0.25) is 5.91 Å². The predicted molar refractivity (Wildman–Crippen MR) is 70.4 cm³/mol. The van der Waals surface area contributed by atoms with Crippen LogP contribution < -0.4 is 11.1 Å². The van der Waals surface area contributed by atoms with Gasteiger partial charge in [0, 0.05) is 7.11 Å². The van der Waals surface area contributed by atoms with E-state index in [1.165, 1.54) is 19.2 Å². The second-order valence-electron chi connectivity index (χ2n) is 3.25. The van der Waals surface area contributed by atoms with Crippen molar-refractivity contribution in [2.24, 2.45) is 5.73 Å². The number of nitrogens with one attached hydrogen (secondary N) is 1. The molecule has 0 bridgehead atoms. The summed E-state index contributed by atoms with van der Waals surface area (Å²) in [6.45, 7) is 0.374. The number of aromatic nitrogens is 1. The molecule has 8 heteroatoms. The number of ether oxygens (including phenoxy) is 1. The van der Waals surface area contributed by atoms with Gasteiger partial charge < -0.3 is 15.8 Å². The quantitative estimate of drug-likeness (QED) is 0.837. The smallest absolute Gasteiger partial charge is 0.239 e. The Kier molecular flexibility index (Phi) is 10.8. The summed E-state index contributed by atoms with van der Waals surface area (Å²) in [6, 6.07) is 2.08. The van der Waals surface area contributed by atoms with E-state index >= 15 is 0 Å². The third-order valence-electron chi connectivity index (χ3n) is 1.92. The number of methoxy groups -OCH3 is 1. The highest BCUT2D eigenvalue weighted by Gasteiger charge is 2.12. The number of amides is 1. The van der Waals surface area contributed by atoms with Gasteiger partial charge in [0.1, 0.15) is 11.9 Å². The van der Waals surface area contributed by atoms with E-state index in [1.54, 1.807) is 0 Å².